The van der Waals surface area contributed by atoms with Crippen LogP contribution in [0, 0.1) is 11.7 Å². The Hall–Kier alpha value is -2.58. The number of nitrogens with zero attached hydrogens (tertiary/aromatic N) is 4. The fourth-order valence-corrected chi connectivity index (χ4v) is 4.13. The summed E-state index contributed by atoms with van der Waals surface area (Å²) >= 11 is 0. The predicted octanol–water partition coefficient (Wildman–Crippen LogP) is 2.34. The van der Waals surface area contributed by atoms with Gasteiger partial charge < -0.3 is 15.0 Å². The maximum absolute atomic E-state index is 13.1. The molecule has 31 heavy (non-hydrogen) atoms. The number of carbonyl (C=O) groups is 1. The van der Waals surface area contributed by atoms with E-state index in [-0.39, 0.29) is 17.6 Å². The molecule has 1 amide bonds. The van der Waals surface area contributed by atoms with Crippen molar-refractivity contribution in [1.29, 1.82) is 0 Å². The molecule has 0 aliphatic carbocycles. The van der Waals surface area contributed by atoms with Crippen molar-refractivity contribution in [3.05, 3.63) is 42.5 Å². The molecule has 8 heteroatoms. The van der Waals surface area contributed by atoms with E-state index in [1.807, 2.05) is 0 Å². The van der Waals surface area contributed by atoms with Gasteiger partial charge in [-0.15, -0.1) is 0 Å². The molecule has 2 aliphatic rings. The molecule has 2 fully saturated rings. The maximum Gasteiger partial charge on any atom is 0.225 e. The first kappa shape index (κ1) is 21.6. The predicted molar refractivity (Wildman–Crippen MR) is 117 cm³/mol. The van der Waals surface area contributed by atoms with Crippen LogP contribution in [0.4, 0.5) is 10.3 Å². The van der Waals surface area contributed by atoms with Gasteiger partial charge in [0.1, 0.15) is 5.82 Å². The Balaban J connectivity index is 1.25. The highest BCUT2D eigenvalue weighted by Crippen LogP contribution is 2.23. The van der Waals surface area contributed by atoms with Crippen molar-refractivity contribution in [3.63, 3.8) is 0 Å². The van der Waals surface area contributed by atoms with Crippen LogP contribution in [0.25, 0.3) is 11.1 Å². The lowest BCUT2D eigenvalue weighted by Gasteiger charge is -2.32. The van der Waals surface area contributed by atoms with Crippen LogP contribution in [0.1, 0.15) is 19.3 Å². The monoisotopic (exact) mass is 427 g/mol. The maximum atomic E-state index is 13.1. The first-order valence-corrected chi connectivity index (χ1v) is 11.1. The molecular weight excluding hydrogens is 397 g/mol. The molecule has 0 spiro atoms. The van der Waals surface area contributed by atoms with Crippen molar-refractivity contribution in [2.75, 3.05) is 57.4 Å². The molecule has 2 saturated heterocycles. The van der Waals surface area contributed by atoms with Gasteiger partial charge in [-0.2, -0.15) is 0 Å². The summed E-state index contributed by atoms with van der Waals surface area (Å²) in [4.78, 5) is 26.1. The molecular formula is C23H30FN5O2. The van der Waals surface area contributed by atoms with Gasteiger partial charge in [0.05, 0.1) is 19.1 Å². The minimum atomic E-state index is -0.264. The molecule has 2 aromatic rings. The normalized spacial score (nSPS) is 19.9. The van der Waals surface area contributed by atoms with Crippen LogP contribution in [0.15, 0.2) is 36.7 Å². The van der Waals surface area contributed by atoms with Crippen molar-refractivity contribution in [2.45, 2.75) is 19.3 Å². The zero-order chi connectivity index (χ0) is 21.5. The summed E-state index contributed by atoms with van der Waals surface area (Å²) in [5, 5.41) is 3.10. The number of benzene rings is 1. The van der Waals surface area contributed by atoms with Gasteiger partial charge in [-0.05, 0) is 43.5 Å². The number of hydrogen-bond acceptors (Lipinski definition) is 6. The Labute approximate surface area is 182 Å². The second kappa shape index (κ2) is 10.6. The van der Waals surface area contributed by atoms with Crippen LogP contribution >= 0.6 is 0 Å². The van der Waals surface area contributed by atoms with Crippen LogP contribution in [0.2, 0.25) is 0 Å². The highest BCUT2D eigenvalue weighted by Gasteiger charge is 2.27. The van der Waals surface area contributed by atoms with Gasteiger partial charge in [-0.25, -0.2) is 14.4 Å². The number of halogens is 1. The number of rotatable bonds is 7. The van der Waals surface area contributed by atoms with Crippen LogP contribution in [-0.2, 0) is 9.53 Å². The van der Waals surface area contributed by atoms with Gasteiger partial charge in [0.15, 0.2) is 0 Å². The molecule has 0 bridgehead atoms. The fourth-order valence-electron chi connectivity index (χ4n) is 4.13. The number of ether oxygens (including phenoxy) is 1. The molecule has 1 aromatic carbocycles. The summed E-state index contributed by atoms with van der Waals surface area (Å²) in [6.07, 6.45) is 6.29. The molecule has 1 N–H and O–H groups in total. The Morgan fingerprint density at radius 3 is 2.58 bits per heavy atom. The van der Waals surface area contributed by atoms with Crippen molar-refractivity contribution in [1.82, 2.24) is 20.2 Å². The molecule has 166 valence electrons. The minimum absolute atomic E-state index is 0.0440. The molecule has 1 atom stereocenters. The van der Waals surface area contributed by atoms with E-state index in [4.69, 9.17) is 4.74 Å². The fraction of sp³-hybridized carbons (Fsp3) is 0.522. The summed E-state index contributed by atoms with van der Waals surface area (Å²) in [6.45, 7) is 6.73. The van der Waals surface area contributed by atoms with E-state index in [1.165, 1.54) is 12.1 Å². The van der Waals surface area contributed by atoms with Gasteiger partial charge in [-0.1, -0.05) is 12.1 Å². The molecule has 1 unspecified atom stereocenters. The lowest BCUT2D eigenvalue weighted by atomic mass is 9.97. The van der Waals surface area contributed by atoms with E-state index in [2.05, 4.69) is 25.1 Å². The summed E-state index contributed by atoms with van der Waals surface area (Å²) in [7, 11) is 0. The zero-order valence-corrected chi connectivity index (χ0v) is 17.8. The third-order valence-electron chi connectivity index (χ3n) is 5.94. The third kappa shape index (κ3) is 5.98. The molecule has 4 rings (SSSR count). The van der Waals surface area contributed by atoms with Gasteiger partial charge >= 0.3 is 0 Å². The Morgan fingerprint density at radius 1 is 1.10 bits per heavy atom. The van der Waals surface area contributed by atoms with Gasteiger partial charge in [0.2, 0.25) is 11.9 Å². The molecule has 0 radical (unpaired) electrons. The van der Waals surface area contributed by atoms with Crippen molar-refractivity contribution >= 4 is 11.9 Å². The summed E-state index contributed by atoms with van der Waals surface area (Å²) < 4.78 is 18.5. The van der Waals surface area contributed by atoms with E-state index in [0.717, 1.165) is 69.8 Å². The standard InChI is InChI=1S/C23H30FN5O2/c24-21-6-4-18(5-7-21)20-15-26-23(27-16-20)29-10-1-3-19(17-29)22(30)25-8-2-9-28-11-13-31-14-12-28/h4-7,15-16,19H,1-3,8-14,17H2,(H,25,30). The van der Waals surface area contributed by atoms with Gasteiger partial charge in [0, 0.05) is 50.7 Å². The molecule has 7 nitrogen and oxygen atoms in total. The van der Waals surface area contributed by atoms with Crippen molar-refractivity contribution < 1.29 is 13.9 Å². The van der Waals surface area contributed by atoms with Crippen LogP contribution in [-0.4, -0.2) is 73.3 Å². The van der Waals surface area contributed by atoms with Gasteiger partial charge in [0.25, 0.3) is 0 Å². The third-order valence-corrected chi connectivity index (χ3v) is 5.94. The second-order valence-corrected chi connectivity index (χ2v) is 8.16. The SMILES string of the molecule is O=C(NCCCN1CCOCC1)C1CCCN(c2ncc(-c3ccc(F)cc3)cn2)C1. The number of piperidine rings is 1. The van der Waals surface area contributed by atoms with E-state index < -0.39 is 0 Å². The summed E-state index contributed by atoms with van der Waals surface area (Å²) in [6, 6.07) is 6.29. The molecule has 3 heterocycles. The number of hydrogen-bond donors (Lipinski definition) is 1. The number of nitrogens with one attached hydrogen (secondary N) is 1. The lowest BCUT2D eigenvalue weighted by molar-refractivity contribution is -0.125. The highest BCUT2D eigenvalue weighted by atomic mass is 19.1. The Kier molecular flexibility index (Phi) is 7.43. The van der Waals surface area contributed by atoms with Crippen LogP contribution < -0.4 is 10.2 Å². The number of morpholine rings is 1. The highest BCUT2D eigenvalue weighted by molar-refractivity contribution is 5.79. The second-order valence-electron chi connectivity index (χ2n) is 8.16. The zero-order valence-electron chi connectivity index (χ0n) is 17.8. The van der Waals surface area contributed by atoms with Gasteiger partial charge in [-0.3, -0.25) is 9.69 Å². The Morgan fingerprint density at radius 2 is 1.84 bits per heavy atom. The number of amides is 1. The van der Waals surface area contributed by atoms with Crippen molar-refractivity contribution in [2.24, 2.45) is 5.92 Å². The van der Waals surface area contributed by atoms with Crippen LogP contribution in [0.3, 0.4) is 0 Å². The summed E-state index contributed by atoms with van der Waals surface area (Å²) in [5.74, 6) is 0.447. The lowest BCUT2D eigenvalue weighted by Crippen LogP contribution is -2.44. The largest absolute Gasteiger partial charge is 0.379 e. The quantitative estimate of drug-likeness (QED) is 0.684. The molecule has 1 aromatic heterocycles. The molecule has 0 saturated carbocycles. The average molecular weight is 428 g/mol. The molecule has 2 aliphatic heterocycles. The van der Waals surface area contributed by atoms with E-state index in [1.54, 1.807) is 24.5 Å². The first-order chi connectivity index (χ1) is 15.2. The van der Waals surface area contributed by atoms with Crippen LogP contribution in [0.5, 0.6) is 0 Å². The average Bonchev–Trinajstić information content (AvgIpc) is 2.83. The Bertz CT molecular complexity index is 840. The first-order valence-electron chi connectivity index (χ1n) is 11.1. The number of carbonyl (C=O) groups excluding carboxylic acids is 1. The summed E-state index contributed by atoms with van der Waals surface area (Å²) in [5.41, 5.74) is 1.72. The minimum Gasteiger partial charge on any atom is -0.379 e. The topological polar surface area (TPSA) is 70.6 Å². The number of anilines is 1. The van der Waals surface area contributed by atoms with E-state index >= 15 is 0 Å². The smallest absolute Gasteiger partial charge is 0.225 e. The van der Waals surface area contributed by atoms with Crippen molar-refractivity contribution in [3.8, 4) is 11.1 Å². The number of aromatic nitrogens is 2. The van der Waals surface area contributed by atoms with E-state index in [0.29, 0.717) is 19.0 Å². The van der Waals surface area contributed by atoms with E-state index in [9.17, 15) is 9.18 Å².